The highest BCUT2D eigenvalue weighted by molar-refractivity contribution is 5.96. The maximum absolute atomic E-state index is 12.1. The van der Waals surface area contributed by atoms with Crippen molar-refractivity contribution in [2.45, 2.75) is 13.0 Å². The summed E-state index contributed by atoms with van der Waals surface area (Å²) in [5.41, 5.74) is 0.461. The maximum atomic E-state index is 12.1. The highest BCUT2D eigenvalue weighted by atomic mass is 16.5. The topological polar surface area (TPSA) is 66.8 Å². The third-order valence-corrected chi connectivity index (χ3v) is 2.54. The smallest absolute Gasteiger partial charge is 0.331 e. The summed E-state index contributed by atoms with van der Waals surface area (Å²) in [6.07, 6.45) is 0. The second-order valence-electron chi connectivity index (χ2n) is 3.73. The van der Waals surface area contributed by atoms with E-state index in [0.717, 1.165) is 0 Å². The van der Waals surface area contributed by atoms with Gasteiger partial charge in [0.25, 0.3) is 5.91 Å². The Morgan fingerprint density at radius 2 is 1.94 bits per heavy atom. The molecule has 0 heterocycles. The summed E-state index contributed by atoms with van der Waals surface area (Å²) in [6.45, 7) is 1.42. The number of esters is 1. The summed E-state index contributed by atoms with van der Waals surface area (Å²) in [6, 6.07) is 7.60. The van der Waals surface area contributed by atoms with Crippen LogP contribution in [0.2, 0.25) is 0 Å². The first-order valence-corrected chi connectivity index (χ1v) is 5.71. The van der Waals surface area contributed by atoms with Crippen molar-refractivity contribution in [1.29, 1.82) is 0 Å². The number of amides is 1. The molecule has 1 N–H and O–H groups in total. The number of carbonyl (C=O) groups excluding carboxylic acids is 2. The molecule has 1 unspecified atom stereocenters. The number of aliphatic hydroxyl groups excluding tert-OH is 1. The van der Waals surface area contributed by atoms with E-state index >= 15 is 0 Å². The van der Waals surface area contributed by atoms with E-state index in [1.54, 1.807) is 37.3 Å². The minimum Gasteiger partial charge on any atom is -0.464 e. The predicted molar refractivity (Wildman–Crippen MR) is 66.0 cm³/mol. The molecule has 5 heteroatoms. The van der Waals surface area contributed by atoms with Crippen LogP contribution in [0.25, 0.3) is 0 Å². The van der Waals surface area contributed by atoms with Gasteiger partial charge in [-0.1, -0.05) is 18.2 Å². The molecule has 0 aliphatic carbocycles. The molecule has 1 aromatic rings. The number of hydrogen-bond donors (Lipinski definition) is 1. The van der Waals surface area contributed by atoms with Gasteiger partial charge in [0.05, 0.1) is 13.2 Å². The van der Waals surface area contributed by atoms with Gasteiger partial charge in [-0.15, -0.1) is 0 Å². The van der Waals surface area contributed by atoms with Crippen molar-refractivity contribution in [3.63, 3.8) is 0 Å². The van der Waals surface area contributed by atoms with Crippen LogP contribution in [-0.2, 0) is 9.53 Å². The normalized spacial score (nSPS) is 11.7. The zero-order chi connectivity index (χ0) is 13.5. The van der Waals surface area contributed by atoms with Gasteiger partial charge < -0.3 is 14.7 Å². The number of rotatable bonds is 5. The molecule has 0 bridgehead atoms. The molecular formula is C13H17NO4. The minimum absolute atomic E-state index is 0.211. The highest BCUT2D eigenvalue weighted by Crippen LogP contribution is 2.07. The lowest BCUT2D eigenvalue weighted by atomic mass is 10.1. The molecule has 0 aliphatic rings. The van der Waals surface area contributed by atoms with Gasteiger partial charge >= 0.3 is 5.97 Å². The fourth-order valence-corrected chi connectivity index (χ4v) is 1.52. The van der Waals surface area contributed by atoms with Gasteiger partial charge in [-0.05, 0) is 19.1 Å². The van der Waals surface area contributed by atoms with Gasteiger partial charge in [0, 0.05) is 12.6 Å². The zero-order valence-electron chi connectivity index (χ0n) is 10.5. The molecule has 98 valence electrons. The van der Waals surface area contributed by atoms with Crippen molar-refractivity contribution < 1.29 is 19.4 Å². The summed E-state index contributed by atoms with van der Waals surface area (Å²) in [5, 5.41) is 9.19. The van der Waals surface area contributed by atoms with Crippen LogP contribution in [0.3, 0.4) is 0 Å². The average Bonchev–Trinajstić information content (AvgIpc) is 2.40. The third kappa shape index (κ3) is 3.30. The number of nitrogens with zero attached hydrogens (tertiary/aromatic N) is 1. The molecule has 5 nitrogen and oxygen atoms in total. The van der Waals surface area contributed by atoms with Crippen LogP contribution in [0.4, 0.5) is 0 Å². The Hall–Kier alpha value is -1.88. The van der Waals surface area contributed by atoms with Crippen LogP contribution in [-0.4, -0.2) is 48.2 Å². The molecule has 0 fully saturated rings. The predicted octanol–water partition coefficient (Wildman–Crippen LogP) is 0.683. The molecule has 0 radical (unpaired) electrons. The molecule has 0 saturated heterocycles. The molecule has 1 atom stereocenters. The van der Waals surface area contributed by atoms with Gasteiger partial charge in [-0.25, -0.2) is 4.79 Å². The molecule has 1 rings (SSSR count). The molecule has 1 aromatic carbocycles. The molecule has 1 amide bonds. The van der Waals surface area contributed by atoms with Crippen LogP contribution in [0.15, 0.2) is 30.3 Å². The zero-order valence-corrected chi connectivity index (χ0v) is 10.5. The van der Waals surface area contributed by atoms with Crippen molar-refractivity contribution in [3.8, 4) is 0 Å². The highest BCUT2D eigenvalue weighted by Gasteiger charge is 2.27. The second kappa shape index (κ2) is 6.76. The van der Waals surface area contributed by atoms with Crippen LogP contribution in [0.5, 0.6) is 0 Å². The van der Waals surface area contributed by atoms with E-state index in [2.05, 4.69) is 0 Å². The SMILES string of the molecule is CCOC(=O)C(CO)N(C)C(=O)c1ccccc1. The number of ether oxygens (including phenoxy) is 1. The lowest BCUT2D eigenvalue weighted by Gasteiger charge is -2.24. The lowest BCUT2D eigenvalue weighted by molar-refractivity contribution is -0.149. The first kappa shape index (κ1) is 14.2. The van der Waals surface area contributed by atoms with E-state index in [9.17, 15) is 14.7 Å². The van der Waals surface area contributed by atoms with Crippen molar-refractivity contribution in [2.24, 2.45) is 0 Å². The molecule has 0 aliphatic heterocycles. The van der Waals surface area contributed by atoms with Crippen molar-refractivity contribution in [1.82, 2.24) is 4.90 Å². The monoisotopic (exact) mass is 251 g/mol. The van der Waals surface area contributed by atoms with E-state index in [-0.39, 0.29) is 12.5 Å². The Morgan fingerprint density at radius 3 is 2.44 bits per heavy atom. The van der Waals surface area contributed by atoms with Gasteiger partial charge in [-0.2, -0.15) is 0 Å². The summed E-state index contributed by atoms with van der Waals surface area (Å²) < 4.78 is 4.81. The van der Waals surface area contributed by atoms with Crippen LogP contribution < -0.4 is 0 Å². The Kier molecular flexibility index (Phi) is 5.32. The minimum atomic E-state index is -0.974. The standard InChI is InChI=1S/C13H17NO4/c1-3-18-13(17)11(9-15)14(2)12(16)10-7-5-4-6-8-10/h4-8,11,15H,3,9H2,1-2H3. The molecule has 0 aromatic heterocycles. The number of carbonyl (C=O) groups is 2. The number of likely N-dealkylation sites (N-methyl/N-ethyl adjacent to an activating group) is 1. The first-order valence-electron chi connectivity index (χ1n) is 5.71. The van der Waals surface area contributed by atoms with E-state index in [1.165, 1.54) is 11.9 Å². The fourth-order valence-electron chi connectivity index (χ4n) is 1.52. The van der Waals surface area contributed by atoms with Crippen molar-refractivity contribution in [3.05, 3.63) is 35.9 Å². The van der Waals surface area contributed by atoms with Crippen LogP contribution in [0, 0.1) is 0 Å². The second-order valence-corrected chi connectivity index (χ2v) is 3.73. The lowest BCUT2D eigenvalue weighted by Crippen LogP contribution is -2.45. The molecule has 18 heavy (non-hydrogen) atoms. The number of hydrogen-bond acceptors (Lipinski definition) is 4. The van der Waals surface area contributed by atoms with Crippen molar-refractivity contribution >= 4 is 11.9 Å². The van der Waals surface area contributed by atoms with Gasteiger partial charge in [0.2, 0.25) is 0 Å². The van der Waals surface area contributed by atoms with Crippen LogP contribution in [0.1, 0.15) is 17.3 Å². The quantitative estimate of drug-likeness (QED) is 0.782. The Morgan fingerprint density at radius 1 is 1.33 bits per heavy atom. The molecule has 0 spiro atoms. The summed E-state index contributed by atoms with van der Waals surface area (Å²) in [7, 11) is 1.47. The maximum Gasteiger partial charge on any atom is 0.331 e. The summed E-state index contributed by atoms with van der Waals surface area (Å²) in [4.78, 5) is 24.8. The van der Waals surface area contributed by atoms with Gasteiger partial charge in [0.1, 0.15) is 0 Å². The number of aliphatic hydroxyl groups is 1. The largest absolute Gasteiger partial charge is 0.464 e. The van der Waals surface area contributed by atoms with Gasteiger partial charge in [0.15, 0.2) is 6.04 Å². The fraction of sp³-hybridized carbons (Fsp3) is 0.385. The summed E-state index contributed by atoms with van der Waals surface area (Å²) >= 11 is 0. The van der Waals surface area contributed by atoms with E-state index < -0.39 is 18.6 Å². The van der Waals surface area contributed by atoms with E-state index in [0.29, 0.717) is 5.56 Å². The molecular weight excluding hydrogens is 234 g/mol. The van der Waals surface area contributed by atoms with E-state index in [4.69, 9.17) is 4.74 Å². The van der Waals surface area contributed by atoms with Crippen LogP contribution >= 0.6 is 0 Å². The average molecular weight is 251 g/mol. The van der Waals surface area contributed by atoms with Crippen molar-refractivity contribution in [2.75, 3.05) is 20.3 Å². The first-order chi connectivity index (χ1) is 8.61. The van der Waals surface area contributed by atoms with Gasteiger partial charge in [-0.3, -0.25) is 4.79 Å². The summed E-state index contributed by atoms with van der Waals surface area (Å²) in [5.74, 6) is -0.936. The molecule has 0 saturated carbocycles. The Bertz CT molecular complexity index is 405. The third-order valence-electron chi connectivity index (χ3n) is 2.54. The number of benzene rings is 1. The Balaban J connectivity index is 2.81. The Labute approximate surface area is 106 Å². The van der Waals surface area contributed by atoms with E-state index in [1.807, 2.05) is 0 Å².